The molecule has 0 amide bonds. The number of rotatable bonds is 4. The van der Waals surface area contributed by atoms with Crippen LogP contribution in [0.1, 0.15) is 65.6 Å². The van der Waals surface area contributed by atoms with Crippen molar-refractivity contribution in [1.29, 1.82) is 0 Å². The maximum Gasteiger partial charge on any atom is 0.203 e. The molecule has 2 rings (SSSR count). The van der Waals surface area contributed by atoms with E-state index < -0.39 is 0 Å². The minimum atomic E-state index is -0.235. The van der Waals surface area contributed by atoms with E-state index in [9.17, 15) is 0 Å². The average Bonchev–Trinajstić information content (AvgIpc) is 2.77. The van der Waals surface area contributed by atoms with Crippen LogP contribution in [0.3, 0.4) is 0 Å². The summed E-state index contributed by atoms with van der Waals surface area (Å²) in [4.78, 5) is 4.68. The summed E-state index contributed by atoms with van der Waals surface area (Å²) in [5.74, 6) is 0.880. The van der Waals surface area contributed by atoms with Crippen molar-refractivity contribution in [3.05, 3.63) is 5.82 Å². The molecule has 0 aromatic carbocycles. The average molecular weight is 283 g/mol. The first-order valence-electron chi connectivity index (χ1n) is 7.21. The Morgan fingerprint density at radius 3 is 2.53 bits per heavy atom. The Labute approximate surface area is 120 Å². The normalized spacial score (nSPS) is 19.4. The number of anilines is 1. The molecule has 0 bridgehead atoms. The van der Waals surface area contributed by atoms with Gasteiger partial charge in [0.05, 0.1) is 0 Å². The number of nitrogens with one attached hydrogen (secondary N) is 1. The van der Waals surface area contributed by atoms with Gasteiger partial charge in [0.1, 0.15) is 5.60 Å². The minimum Gasteiger partial charge on any atom is -0.367 e. The Kier molecular flexibility index (Phi) is 4.46. The molecule has 4 nitrogen and oxygen atoms in total. The number of aromatic nitrogens is 2. The topological polar surface area (TPSA) is 47.0 Å². The minimum absolute atomic E-state index is 0.0160. The van der Waals surface area contributed by atoms with Crippen LogP contribution in [0.25, 0.3) is 0 Å². The smallest absolute Gasteiger partial charge is 0.203 e. The van der Waals surface area contributed by atoms with Crippen LogP contribution in [0.2, 0.25) is 0 Å². The van der Waals surface area contributed by atoms with Gasteiger partial charge in [0.2, 0.25) is 5.13 Å². The summed E-state index contributed by atoms with van der Waals surface area (Å²) in [5, 5.41) is 4.28. The largest absolute Gasteiger partial charge is 0.367 e. The first-order valence-corrected chi connectivity index (χ1v) is 7.99. The van der Waals surface area contributed by atoms with E-state index in [4.69, 9.17) is 4.74 Å². The molecule has 1 saturated carbocycles. The van der Waals surface area contributed by atoms with Crippen molar-refractivity contribution in [2.45, 2.75) is 70.9 Å². The second kappa shape index (κ2) is 5.75. The zero-order valence-corrected chi connectivity index (χ0v) is 13.3. The van der Waals surface area contributed by atoms with Gasteiger partial charge < -0.3 is 10.1 Å². The summed E-state index contributed by atoms with van der Waals surface area (Å²) in [6.07, 6.45) is 5.81. The van der Waals surface area contributed by atoms with Crippen molar-refractivity contribution in [3.63, 3.8) is 0 Å². The predicted molar refractivity (Wildman–Crippen MR) is 79.7 cm³/mol. The quantitative estimate of drug-likeness (QED) is 0.909. The van der Waals surface area contributed by atoms with Crippen molar-refractivity contribution < 1.29 is 4.74 Å². The highest BCUT2D eigenvalue weighted by atomic mass is 32.1. The van der Waals surface area contributed by atoms with Crippen LogP contribution < -0.4 is 5.32 Å². The molecule has 0 unspecified atom stereocenters. The van der Waals surface area contributed by atoms with Crippen molar-refractivity contribution >= 4 is 16.7 Å². The third kappa shape index (κ3) is 3.66. The molecule has 1 aliphatic carbocycles. The Bertz CT molecular complexity index is 400. The van der Waals surface area contributed by atoms with E-state index in [2.05, 4.69) is 42.4 Å². The van der Waals surface area contributed by atoms with Crippen LogP contribution in [-0.2, 0) is 10.3 Å². The van der Waals surface area contributed by atoms with Gasteiger partial charge >= 0.3 is 0 Å². The van der Waals surface area contributed by atoms with Gasteiger partial charge in [0.25, 0.3) is 0 Å². The van der Waals surface area contributed by atoms with Crippen LogP contribution in [0, 0.1) is 0 Å². The molecule has 1 aromatic heterocycles. The molecular formula is C14H25N3OS. The lowest BCUT2D eigenvalue weighted by atomic mass is 9.84. The first-order chi connectivity index (χ1) is 8.95. The highest BCUT2D eigenvalue weighted by Gasteiger charge is 2.38. The van der Waals surface area contributed by atoms with E-state index in [1.165, 1.54) is 30.8 Å². The Balaban J connectivity index is 2.18. The van der Waals surface area contributed by atoms with Gasteiger partial charge in [-0.2, -0.15) is 4.37 Å². The van der Waals surface area contributed by atoms with Crippen LogP contribution in [0.5, 0.6) is 0 Å². The third-order valence-electron chi connectivity index (χ3n) is 3.40. The summed E-state index contributed by atoms with van der Waals surface area (Å²) in [6, 6.07) is 0. The predicted octanol–water partition coefficient (Wildman–Crippen LogP) is 3.94. The molecule has 19 heavy (non-hydrogen) atoms. The maximum atomic E-state index is 6.05. The molecule has 0 aliphatic heterocycles. The molecular weight excluding hydrogens is 258 g/mol. The molecule has 0 saturated heterocycles. The van der Waals surface area contributed by atoms with Crippen molar-refractivity contribution in [3.8, 4) is 0 Å². The van der Waals surface area contributed by atoms with E-state index in [-0.39, 0.29) is 11.1 Å². The van der Waals surface area contributed by atoms with Crippen LogP contribution in [-0.4, -0.2) is 21.5 Å². The van der Waals surface area contributed by atoms with Crippen LogP contribution in [0.15, 0.2) is 0 Å². The third-order valence-corrected chi connectivity index (χ3v) is 4.03. The summed E-state index contributed by atoms with van der Waals surface area (Å²) in [6.45, 7) is 9.17. The molecule has 0 atom stereocenters. The number of hydrogen-bond acceptors (Lipinski definition) is 5. The summed E-state index contributed by atoms with van der Waals surface area (Å²) in [5.41, 5.74) is -0.219. The Hall–Kier alpha value is -0.680. The Morgan fingerprint density at radius 1 is 1.26 bits per heavy atom. The first kappa shape index (κ1) is 14.7. The maximum absolute atomic E-state index is 6.05. The zero-order chi connectivity index (χ0) is 13.9. The molecule has 0 radical (unpaired) electrons. The highest BCUT2D eigenvalue weighted by molar-refractivity contribution is 7.09. The summed E-state index contributed by atoms with van der Waals surface area (Å²) < 4.78 is 10.6. The molecule has 1 aromatic rings. The van der Waals surface area contributed by atoms with E-state index >= 15 is 0 Å². The van der Waals surface area contributed by atoms with E-state index in [0.717, 1.165) is 30.4 Å². The lowest BCUT2D eigenvalue weighted by molar-refractivity contribution is -0.0758. The Morgan fingerprint density at radius 2 is 1.95 bits per heavy atom. The second-order valence-corrected chi connectivity index (χ2v) is 7.04. The standard InChI is InChI=1S/C14H25N3OS/c1-5-18-14(9-7-6-8-10-14)11-15-12(19-17-11)16-13(2,3)4/h5-10H2,1-4H3,(H,15,16,17). The molecule has 1 N–H and O–H groups in total. The number of ether oxygens (including phenoxy) is 1. The molecule has 0 spiro atoms. The number of nitrogens with zero attached hydrogens (tertiary/aromatic N) is 2. The van der Waals surface area contributed by atoms with Gasteiger partial charge in [0.15, 0.2) is 5.82 Å². The van der Waals surface area contributed by atoms with E-state index in [0.29, 0.717) is 0 Å². The fourth-order valence-corrected chi connectivity index (χ4v) is 3.47. The number of hydrogen-bond donors (Lipinski definition) is 1. The van der Waals surface area contributed by atoms with E-state index in [1.807, 2.05) is 0 Å². The molecule has 1 heterocycles. The van der Waals surface area contributed by atoms with Crippen molar-refractivity contribution in [2.75, 3.05) is 11.9 Å². The van der Waals surface area contributed by atoms with Crippen molar-refractivity contribution in [1.82, 2.24) is 9.36 Å². The van der Waals surface area contributed by atoms with Crippen LogP contribution >= 0.6 is 11.5 Å². The van der Waals surface area contributed by atoms with Gasteiger partial charge in [-0.05, 0) is 40.5 Å². The lowest BCUT2D eigenvalue weighted by Crippen LogP contribution is -2.34. The van der Waals surface area contributed by atoms with Crippen molar-refractivity contribution in [2.24, 2.45) is 0 Å². The second-order valence-electron chi connectivity index (χ2n) is 6.29. The molecule has 108 valence electrons. The highest BCUT2D eigenvalue weighted by Crippen LogP contribution is 2.40. The fourth-order valence-electron chi connectivity index (χ4n) is 2.61. The summed E-state index contributed by atoms with van der Waals surface area (Å²) in [7, 11) is 0. The molecule has 1 fully saturated rings. The molecule has 1 aliphatic rings. The van der Waals surface area contributed by atoms with E-state index in [1.54, 1.807) is 0 Å². The van der Waals surface area contributed by atoms with Gasteiger partial charge in [0, 0.05) is 23.7 Å². The van der Waals surface area contributed by atoms with Gasteiger partial charge in [-0.15, -0.1) is 0 Å². The zero-order valence-electron chi connectivity index (χ0n) is 12.5. The monoisotopic (exact) mass is 283 g/mol. The van der Waals surface area contributed by atoms with Crippen LogP contribution in [0.4, 0.5) is 5.13 Å². The fraction of sp³-hybridized carbons (Fsp3) is 0.857. The summed E-state index contributed by atoms with van der Waals surface area (Å²) >= 11 is 1.44. The lowest BCUT2D eigenvalue weighted by Gasteiger charge is -2.34. The SMILES string of the molecule is CCOC1(c2nsc(NC(C)(C)C)n2)CCCCC1. The van der Waals surface area contributed by atoms with Gasteiger partial charge in [-0.1, -0.05) is 19.3 Å². The van der Waals surface area contributed by atoms with Gasteiger partial charge in [-0.3, -0.25) is 0 Å². The molecule has 5 heteroatoms. The van der Waals surface area contributed by atoms with Gasteiger partial charge in [-0.25, -0.2) is 4.98 Å².